The normalized spacial score (nSPS) is 18.0. The molecule has 0 bridgehead atoms. The summed E-state index contributed by atoms with van der Waals surface area (Å²) in [6, 6.07) is 0.281. The third-order valence-electron chi connectivity index (χ3n) is 1.38. The Balaban J connectivity index is 3.29. The van der Waals surface area contributed by atoms with E-state index < -0.39 is 0 Å². The topological polar surface area (TPSA) is 26.0 Å². The zero-order valence-electron chi connectivity index (χ0n) is 5.59. The van der Waals surface area contributed by atoms with E-state index in [1.54, 1.807) is 0 Å². The maximum atomic E-state index is 5.65. The van der Waals surface area contributed by atoms with Gasteiger partial charge in [0.15, 0.2) is 0 Å². The van der Waals surface area contributed by atoms with Crippen LogP contribution in [0.4, 0.5) is 0 Å². The van der Waals surface area contributed by atoms with Gasteiger partial charge in [0.1, 0.15) is 0 Å². The van der Waals surface area contributed by atoms with Gasteiger partial charge in [-0.1, -0.05) is 13.8 Å². The van der Waals surface area contributed by atoms with Crippen molar-refractivity contribution in [1.82, 2.24) is 0 Å². The first kappa shape index (κ1) is 8.31. The molecule has 2 N–H and O–H groups in total. The van der Waals surface area contributed by atoms with E-state index in [1.165, 1.54) is 0 Å². The number of thiol groups is 1. The first-order valence-electron chi connectivity index (χ1n) is 3.16. The highest BCUT2D eigenvalue weighted by Crippen LogP contribution is 2.06. The summed E-state index contributed by atoms with van der Waals surface area (Å²) in [4.78, 5) is 0. The minimum absolute atomic E-state index is 0.281. The molecule has 0 aromatic rings. The molecule has 0 heterocycles. The molecule has 50 valence electrons. The molecule has 2 heteroatoms. The van der Waals surface area contributed by atoms with E-state index in [9.17, 15) is 0 Å². The summed E-state index contributed by atoms with van der Waals surface area (Å²) in [5.41, 5.74) is 5.65. The molecule has 0 aromatic heterocycles. The zero-order chi connectivity index (χ0) is 6.57. The molecule has 0 rings (SSSR count). The summed E-state index contributed by atoms with van der Waals surface area (Å²) >= 11 is 4.28. The molecule has 0 aliphatic carbocycles. The van der Waals surface area contributed by atoms with Crippen molar-refractivity contribution in [3.05, 3.63) is 0 Å². The Kier molecular flexibility index (Phi) is 4.38. The van der Waals surface area contributed by atoms with Gasteiger partial charge in [0, 0.05) is 11.3 Å². The van der Waals surface area contributed by atoms with Crippen LogP contribution < -0.4 is 5.73 Å². The molecule has 0 amide bonds. The summed E-state index contributed by atoms with van der Waals surface area (Å²) in [6.07, 6.45) is 2.10. The third-order valence-corrected chi connectivity index (χ3v) is 2.13. The lowest BCUT2D eigenvalue weighted by molar-refractivity contribution is 0.605. The summed E-state index contributed by atoms with van der Waals surface area (Å²) < 4.78 is 0. The molecule has 0 saturated carbocycles. The number of nitrogens with two attached hydrogens (primary N) is 1. The Bertz CT molecular complexity index is 48.5. The predicted molar refractivity (Wildman–Crippen MR) is 41.3 cm³/mol. The van der Waals surface area contributed by atoms with Crippen LogP contribution in [0.1, 0.15) is 26.7 Å². The van der Waals surface area contributed by atoms with Gasteiger partial charge >= 0.3 is 0 Å². The van der Waals surface area contributed by atoms with Crippen molar-refractivity contribution in [2.45, 2.75) is 38.0 Å². The fraction of sp³-hybridized carbons (Fsp3) is 1.00. The Hall–Kier alpha value is 0.310. The van der Waals surface area contributed by atoms with Crippen molar-refractivity contribution in [2.24, 2.45) is 5.73 Å². The van der Waals surface area contributed by atoms with Crippen LogP contribution in [0.3, 0.4) is 0 Å². The quantitative estimate of drug-likeness (QED) is 0.560. The van der Waals surface area contributed by atoms with Gasteiger partial charge in [0.05, 0.1) is 0 Å². The molecule has 0 aliphatic rings. The first-order valence-corrected chi connectivity index (χ1v) is 3.67. The van der Waals surface area contributed by atoms with Gasteiger partial charge in [0.2, 0.25) is 0 Å². The van der Waals surface area contributed by atoms with Gasteiger partial charge in [0.25, 0.3) is 0 Å². The van der Waals surface area contributed by atoms with Gasteiger partial charge in [-0.3, -0.25) is 0 Å². The van der Waals surface area contributed by atoms with E-state index in [4.69, 9.17) is 5.73 Å². The maximum Gasteiger partial charge on any atom is 0.0166 e. The molecule has 0 aliphatic heterocycles. The highest BCUT2D eigenvalue weighted by atomic mass is 32.1. The van der Waals surface area contributed by atoms with Crippen LogP contribution in [-0.2, 0) is 0 Å². The largest absolute Gasteiger partial charge is 0.327 e. The van der Waals surface area contributed by atoms with Crippen molar-refractivity contribution in [3.8, 4) is 0 Å². The van der Waals surface area contributed by atoms with Crippen molar-refractivity contribution < 1.29 is 0 Å². The van der Waals surface area contributed by atoms with E-state index in [1.807, 2.05) is 0 Å². The van der Waals surface area contributed by atoms with Crippen molar-refractivity contribution in [2.75, 3.05) is 0 Å². The molecule has 2 atom stereocenters. The fourth-order valence-electron chi connectivity index (χ4n) is 0.575. The lowest BCUT2D eigenvalue weighted by Crippen LogP contribution is -2.29. The third kappa shape index (κ3) is 2.58. The van der Waals surface area contributed by atoms with E-state index in [2.05, 4.69) is 26.5 Å². The minimum atomic E-state index is 0.281. The van der Waals surface area contributed by atoms with Crippen LogP contribution in [-0.4, -0.2) is 11.3 Å². The van der Waals surface area contributed by atoms with E-state index in [-0.39, 0.29) is 6.04 Å². The van der Waals surface area contributed by atoms with Crippen LogP contribution in [0.2, 0.25) is 0 Å². The lowest BCUT2D eigenvalue weighted by atomic mass is 10.1. The lowest BCUT2D eigenvalue weighted by Gasteiger charge is -2.13. The fourth-order valence-corrected chi connectivity index (χ4v) is 0.786. The van der Waals surface area contributed by atoms with Crippen molar-refractivity contribution in [3.63, 3.8) is 0 Å². The summed E-state index contributed by atoms with van der Waals surface area (Å²) in [5, 5.41) is 0.389. The summed E-state index contributed by atoms with van der Waals surface area (Å²) in [7, 11) is 0. The Labute approximate surface area is 57.1 Å². The smallest absolute Gasteiger partial charge is 0.0166 e. The summed E-state index contributed by atoms with van der Waals surface area (Å²) in [5.74, 6) is 0. The molecule has 0 radical (unpaired) electrons. The Morgan fingerprint density at radius 1 is 1.38 bits per heavy atom. The van der Waals surface area contributed by atoms with Crippen LogP contribution >= 0.6 is 12.6 Å². The molecule has 1 nitrogen and oxygen atoms in total. The molecule has 0 aromatic carbocycles. The highest BCUT2D eigenvalue weighted by Gasteiger charge is 2.07. The van der Waals surface area contributed by atoms with Gasteiger partial charge in [-0.2, -0.15) is 12.6 Å². The van der Waals surface area contributed by atoms with Crippen molar-refractivity contribution in [1.29, 1.82) is 0 Å². The number of hydrogen-bond donors (Lipinski definition) is 2. The zero-order valence-corrected chi connectivity index (χ0v) is 6.49. The minimum Gasteiger partial charge on any atom is -0.327 e. The van der Waals surface area contributed by atoms with Crippen LogP contribution in [0.15, 0.2) is 0 Å². The van der Waals surface area contributed by atoms with E-state index in [0.717, 1.165) is 12.8 Å². The SMILES string of the molecule is CC[C@H](N)[C@@H](S)CC. The second-order valence-electron chi connectivity index (χ2n) is 2.05. The molecular weight excluding hydrogens is 118 g/mol. The van der Waals surface area contributed by atoms with Gasteiger partial charge in [-0.05, 0) is 12.8 Å². The van der Waals surface area contributed by atoms with Gasteiger partial charge in [-0.25, -0.2) is 0 Å². The Morgan fingerprint density at radius 2 is 1.88 bits per heavy atom. The molecule has 0 spiro atoms. The molecule has 0 saturated heterocycles. The number of rotatable bonds is 3. The Morgan fingerprint density at radius 3 is 2.00 bits per heavy atom. The van der Waals surface area contributed by atoms with E-state index >= 15 is 0 Å². The van der Waals surface area contributed by atoms with Crippen LogP contribution in [0.5, 0.6) is 0 Å². The standard InChI is InChI=1S/C6H15NS/c1-3-5(7)6(8)4-2/h5-6,8H,3-4,7H2,1-2H3/t5-,6-/m0/s1. The monoisotopic (exact) mass is 133 g/mol. The highest BCUT2D eigenvalue weighted by molar-refractivity contribution is 7.81. The number of hydrogen-bond acceptors (Lipinski definition) is 2. The second kappa shape index (κ2) is 4.21. The molecule has 8 heavy (non-hydrogen) atoms. The predicted octanol–water partition coefficient (Wildman–Crippen LogP) is 1.43. The van der Waals surface area contributed by atoms with Gasteiger partial charge < -0.3 is 5.73 Å². The van der Waals surface area contributed by atoms with Crippen molar-refractivity contribution >= 4 is 12.6 Å². The molecule has 0 fully saturated rings. The van der Waals surface area contributed by atoms with Crippen LogP contribution in [0.25, 0.3) is 0 Å². The average Bonchev–Trinajstić information content (AvgIpc) is 1.84. The average molecular weight is 133 g/mol. The first-order chi connectivity index (χ1) is 3.72. The van der Waals surface area contributed by atoms with E-state index in [0.29, 0.717) is 5.25 Å². The van der Waals surface area contributed by atoms with Gasteiger partial charge in [-0.15, -0.1) is 0 Å². The second-order valence-corrected chi connectivity index (χ2v) is 2.71. The summed E-state index contributed by atoms with van der Waals surface area (Å²) in [6.45, 7) is 4.19. The maximum absolute atomic E-state index is 5.65. The molecule has 0 unspecified atom stereocenters. The molecular formula is C6H15NS. The van der Waals surface area contributed by atoms with Crippen LogP contribution in [0, 0.1) is 0 Å².